The van der Waals surface area contributed by atoms with Gasteiger partial charge in [-0.1, -0.05) is 30.3 Å². The number of anilines is 1. The molecule has 0 spiro atoms. The number of carbonyl (C=O) groups is 2. The Morgan fingerprint density at radius 1 is 1.00 bits per heavy atom. The van der Waals surface area contributed by atoms with Crippen LogP contribution >= 0.6 is 0 Å². The van der Waals surface area contributed by atoms with Crippen molar-refractivity contribution in [2.45, 2.75) is 13.0 Å². The van der Waals surface area contributed by atoms with Crippen LogP contribution in [0.2, 0.25) is 0 Å². The molecule has 0 radical (unpaired) electrons. The topological polar surface area (TPSA) is 70.1 Å². The summed E-state index contributed by atoms with van der Waals surface area (Å²) in [4.78, 5) is 26.2. The first-order valence-corrected chi connectivity index (χ1v) is 8.88. The molecule has 2 aromatic carbocycles. The number of carboxylic acids is 1. The maximum Gasteiger partial charge on any atom is 0.410 e. The molecule has 8 heteroatoms. The molecule has 0 unspecified atom stereocenters. The molecule has 28 heavy (non-hydrogen) atoms. The smallest absolute Gasteiger partial charge is 0.410 e. The van der Waals surface area contributed by atoms with Crippen molar-refractivity contribution in [3.8, 4) is 0 Å². The summed E-state index contributed by atoms with van der Waals surface area (Å²) in [7, 11) is 0. The Hall–Kier alpha value is -3.16. The van der Waals surface area contributed by atoms with Gasteiger partial charge in [-0.3, -0.25) is 0 Å². The number of aromatic carboxylic acids is 1. The minimum absolute atomic E-state index is 0.153. The predicted molar refractivity (Wildman–Crippen MR) is 98.3 cm³/mol. The standard InChI is InChI=1S/C20H20F2N2O4/c21-16-11-15(19(25)26)12-17(22)18(16)23-7-4-8-24(10-9-23)20(27)28-13-14-5-2-1-3-6-14/h1-3,5-6,11-12H,4,7-10,13H2,(H,25,26). The van der Waals surface area contributed by atoms with Crippen molar-refractivity contribution in [2.24, 2.45) is 0 Å². The van der Waals surface area contributed by atoms with Gasteiger partial charge in [0.05, 0.1) is 5.56 Å². The van der Waals surface area contributed by atoms with E-state index in [0.717, 1.165) is 17.7 Å². The maximum atomic E-state index is 14.3. The molecular formula is C20H20F2N2O4. The number of hydrogen-bond acceptors (Lipinski definition) is 4. The Morgan fingerprint density at radius 3 is 2.32 bits per heavy atom. The third-order valence-electron chi connectivity index (χ3n) is 4.54. The van der Waals surface area contributed by atoms with Crippen LogP contribution in [0.1, 0.15) is 22.3 Å². The van der Waals surface area contributed by atoms with Crippen molar-refractivity contribution >= 4 is 17.7 Å². The van der Waals surface area contributed by atoms with Crippen molar-refractivity contribution in [1.29, 1.82) is 0 Å². The number of nitrogens with zero attached hydrogens (tertiary/aromatic N) is 2. The van der Waals surface area contributed by atoms with Crippen LogP contribution in [0.4, 0.5) is 19.3 Å². The van der Waals surface area contributed by atoms with Crippen LogP contribution in [0.5, 0.6) is 0 Å². The Balaban J connectivity index is 1.63. The highest BCUT2D eigenvalue weighted by atomic mass is 19.1. The number of carboxylic acid groups (broad SMARTS) is 1. The van der Waals surface area contributed by atoms with Crippen molar-refractivity contribution in [1.82, 2.24) is 4.90 Å². The zero-order chi connectivity index (χ0) is 20.1. The lowest BCUT2D eigenvalue weighted by atomic mass is 10.1. The average Bonchev–Trinajstić information content (AvgIpc) is 2.92. The van der Waals surface area contributed by atoms with Gasteiger partial charge >= 0.3 is 12.1 Å². The van der Waals surface area contributed by atoms with E-state index in [-0.39, 0.29) is 25.4 Å². The zero-order valence-corrected chi connectivity index (χ0v) is 15.1. The molecule has 148 valence electrons. The molecule has 0 aromatic heterocycles. The second kappa shape index (κ2) is 8.69. The average molecular weight is 390 g/mol. The molecule has 1 heterocycles. The third kappa shape index (κ3) is 4.57. The quantitative estimate of drug-likeness (QED) is 0.865. The van der Waals surface area contributed by atoms with Crippen LogP contribution in [-0.2, 0) is 11.3 Å². The van der Waals surface area contributed by atoms with Gasteiger partial charge in [0.1, 0.15) is 23.9 Å². The normalized spacial score (nSPS) is 14.5. The summed E-state index contributed by atoms with van der Waals surface area (Å²) in [6.07, 6.45) is 0.0212. The number of carbonyl (C=O) groups excluding carboxylic acids is 1. The number of amides is 1. The van der Waals surface area contributed by atoms with Gasteiger partial charge in [0.2, 0.25) is 0 Å². The first-order valence-electron chi connectivity index (χ1n) is 8.88. The van der Waals surface area contributed by atoms with Gasteiger partial charge in [-0.15, -0.1) is 0 Å². The second-order valence-electron chi connectivity index (χ2n) is 6.46. The lowest BCUT2D eigenvalue weighted by Gasteiger charge is -2.24. The van der Waals surface area contributed by atoms with Crippen molar-refractivity contribution in [3.05, 3.63) is 65.2 Å². The van der Waals surface area contributed by atoms with Crippen LogP contribution in [0.3, 0.4) is 0 Å². The van der Waals surface area contributed by atoms with Crippen molar-refractivity contribution < 1.29 is 28.2 Å². The maximum absolute atomic E-state index is 14.3. The highest BCUT2D eigenvalue weighted by Crippen LogP contribution is 2.26. The van der Waals surface area contributed by atoms with E-state index < -0.39 is 29.3 Å². The Morgan fingerprint density at radius 2 is 1.68 bits per heavy atom. The SMILES string of the molecule is O=C(O)c1cc(F)c(N2CCCN(C(=O)OCc3ccccc3)CC2)c(F)c1. The number of rotatable bonds is 4. The van der Waals surface area contributed by atoms with E-state index in [1.807, 2.05) is 30.3 Å². The Bertz CT molecular complexity index is 838. The fourth-order valence-corrected chi connectivity index (χ4v) is 3.13. The largest absolute Gasteiger partial charge is 0.478 e. The number of halogens is 2. The molecule has 0 aliphatic carbocycles. The minimum atomic E-state index is -1.40. The van der Waals surface area contributed by atoms with Crippen LogP contribution in [0.25, 0.3) is 0 Å². The molecule has 0 saturated carbocycles. The van der Waals surface area contributed by atoms with Gasteiger partial charge in [0.15, 0.2) is 0 Å². The van der Waals surface area contributed by atoms with E-state index in [4.69, 9.17) is 9.84 Å². The van der Waals surface area contributed by atoms with Gasteiger partial charge in [-0.05, 0) is 24.1 Å². The van der Waals surface area contributed by atoms with E-state index in [1.54, 1.807) is 0 Å². The van der Waals surface area contributed by atoms with Gasteiger partial charge in [-0.25, -0.2) is 18.4 Å². The van der Waals surface area contributed by atoms with Crippen molar-refractivity contribution in [2.75, 3.05) is 31.1 Å². The fraction of sp³-hybridized carbons (Fsp3) is 0.300. The summed E-state index contributed by atoms with van der Waals surface area (Å²) in [6.45, 7) is 1.34. The number of benzene rings is 2. The molecule has 1 amide bonds. The van der Waals surface area contributed by atoms with E-state index in [2.05, 4.69) is 0 Å². The third-order valence-corrected chi connectivity index (χ3v) is 4.54. The van der Waals surface area contributed by atoms with Crippen LogP contribution in [-0.4, -0.2) is 48.2 Å². The molecule has 1 N–H and O–H groups in total. The molecular weight excluding hydrogens is 370 g/mol. The van der Waals surface area contributed by atoms with Crippen LogP contribution in [0.15, 0.2) is 42.5 Å². The summed E-state index contributed by atoms with van der Waals surface area (Å²) in [5.41, 5.74) is 0.152. The lowest BCUT2D eigenvalue weighted by Crippen LogP contribution is -2.36. The zero-order valence-electron chi connectivity index (χ0n) is 15.1. The molecule has 1 saturated heterocycles. The molecule has 1 aliphatic heterocycles. The molecule has 0 atom stereocenters. The first-order chi connectivity index (χ1) is 13.5. The van der Waals surface area contributed by atoms with Crippen LogP contribution < -0.4 is 4.90 Å². The first kappa shape index (κ1) is 19.6. The van der Waals surface area contributed by atoms with E-state index in [9.17, 15) is 18.4 Å². The van der Waals surface area contributed by atoms with Gasteiger partial charge < -0.3 is 19.6 Å². The molecule has 3 rings (SSSR count). The molecule has 2 aromatic rings. The molecule has 1 fully saturated rings. The van der Waals surface area contributed by atoms with E-state index >= 15 is 0 Å². The number of hydrogen-bond donors (Lipinski definition) is 1. The minimum Gasteiger partial charge on any atom is -0.478 e. The lowest BCUT2D eigenvalue weighted by molar-refractivity contribution is 0.0695. The molecule has 0 bridgehead atoms. The highest BCUT2D eigenvalue weighted by molar-refractivity contribution is 5.88. The van der Waals surface area contributed by atoms with Gasteiger partial charge in [-0.2, -0.15) is 0 Å². The van der Waals surface area contributed by atoms with E-state index in [1.165, 1.54) is 9.80 Å². The predicted octanol–water partition coefficient (Wildman–Crippen LogP) is 3.51. The highest BCUT2D eigenvalue weighted by Gasteiger charge is 2.25. The Kier molecular flexibility index (Phi) is 6.08. The van der Waals surface area contributed by atoms with Gasteiger partial charge in [0.25, 0.3) is 0 Å². The number of ether oxygens (including phenoxy) is 1. The molecule has 6 nitrogen and oxygen atoms in total. The summed E-state index contributed by atoms with van der Waals surface area (Å²) >= 11 is 0. The monoisotopic (exact) mass is 390 g/mol. The summed E-state index contributed by atoms with van der Waals surface area (Å²) in [5.74, 6) is -3.26. The Labute approximate surface area is 160 Å². The summed E-state index contributed by atoms with van der Waals surface area (Å²) < 4.78 is 33.9. The summed E-state index contributed by atoms with van der Waals surface area (Å²) in [5, 5.41) is 8.90. The second-order valence-corrected chi connectivity index (χ2v) is 6.46. The van der Waals surface area contributed by atoms with Gasteiger partial charge in [0, 0.05) is 26.2 Å². The summed E-state index contributed by atoms with van der Waals surface area (Å²) in [6, 6.07) is 10.9. The van der Waals surface area contributed by atoms with Crippen LogP contribution in [0, 0.1) is 11.6 Å². The molecule has 1 aliphatic rings. The fourth-order valence-electron chi connectivity index (χ4n) is 3.13. The van der Waals surface area contributed by atoms with Crippen molar-refractivity contribution in [3.63, 3.8) is 0 Å². The van der Waals surface area contributed by atoms with E-state index in [0.29, 0.717) is 19.5 Å².